The fraction of sp³-hybridized carbons (Fsp3) is 0.917. The Hall–Kier alpha value is -0.950. The summed E-state index contributed by atoms with van der Waals surface area (Å²) < 4.78 is 50.7. The second-order valence-corrected chi connectivity index (χ2v) is 5.63. The Balaban J connectivity index is -0.0000000409. The minimum atomic E-state index is -2.61. The number of carbonyl (C=O) groups excluding carboxylic acids is 1. The summed E-state index contributed by atoms with van der Waals surface area (Å²) in [5.41, 5.74) is 4.64. The molecule has 0 heterocycles. The van der Waals surface area contributed by atoms with Crippen LogP contribution < -0.4 is 11.1 Å². The number of alkyl carbamates (subject to hydrolysis) is 1. The second kappa shape index (κ2) is 31.8. The van der Waals surface area contributed by atoms with Crippen molar-refractivity contribution in [1.82, 2.24) is 5.32 Å². The molecule has 1 amide bonds. The van der Waals surface area contributed by atoms with E-state index in [0.717, 1.165) is 19.4 Å². The highest BCUT2D eigenvalue weighted by atomic mass is 35.5. The smallest absolute Gasteiger partial charge is 0.407 e. The summed E-state index contributed by atoms with van der Waals surface area (Å²) in [6.07, 6.45) is 1.69. The van der Waals surface area contributed by atoms with Gasteiger partial charge in [0, 0.05) is 6.54 Å². The van der Waals surface area contributed by atoms with E-state index in [-0.39, 0.29) is 38.3 Å². The molecule has 14 heteroatoms. The summed E-state index contributed by atoms with van der Waals surface area (Å²) in [7, 11) is -5.22. The number of hydrogen-bond acceptors (Lipinski definition) is 9. The van der Waals surface area contributed by atoms with E-state index in [9.17, 15) is 4.79 Å². The molecule has 10 nitrogen and oxygen atoms in total. The van der Waals surface area contributed by atoms with Gasteiger partial charge in [0.05, 0.1) is 0 Å². The molecule has 0 saturated heterocycles. The maximum atomic E-state index is 10.9. The summed E-state index contributed by atoms with van der Waals surface area (Å²) in [4.78, 5) is 10.9. The van der Waals surface area contributed by atoms with Gasteiger partial charge in [0.2, 0.25) is 0 Å². The lowest BCUT2D eigenvalue weighted by Gasteiger charge is -2.19. The van der Waals surface area contributed by atoms with Crippen molar-refractivity contribution in [2.75, 3.05) is 13.1 Å². The van der Waals surface area contributed by atoms with Gasteiger partial charge in [-0.05, 0) is 40.2 Å². The van der Waals surface area contributed by atoms with Gasteiger partial charge in [0.1, 0.15) is 5.60 Å². The van der Waals surface area contributed by atoms with Gasteiger partial charge in [-0.2, -0.15) is 26.4 Å². The number of halogens is 2. The highest BCUT2D eigenvalue weighted by Crippen LogP contribution is 2.05. The maximum absolute atomic E-state index is 10.9. The first-order valence-corrected chi connectivity index (χ1v) is 8.76. The van der Waals surface area contributed by atoms with Crippen molar-refractivity contribution in [2.45, 2.75) is 60.5 Å². The average Bonchev–Trinajstić information content (AvgIpc) is 2.33. The van der Waals surface area contributed by atoms with Crippen LogP contribution in [0.25, 0.3) is 0 Å². The molecule has 26 heavy (non-hydrogen) atoms. The normalized spacial score (nSPS) is 7.62. The third-order valence-electron chi connectivity index (χ3n) is 1.21. The van der Waals surface area contributed by atoms with E-state index in [2.05, 4.69) is 12.2 Å². The van der Waals surface area contributed by atoms with E-state index >= 15 is 0 Å². The van der Waals surface area contributed by atoms with Gasteiger partial charge < -0.3 is 15.8 Å². The zero-order chi connectivity index (χ0) is 19.5. The molecular weight excluding hydrogens is 431 g/mol. The molecule has 0 rings (SSSR count). The van der Waals surface area contributed by atoms with Crippen LogP contribution in [0.5, 0.6) is 0 Å². The number of rotatable bonds is 3. The molecule has 0 saturated carbocycles. The van der Waals surface area contributed by atoms with Crippen molar-refractivity contribution in [1.29, 1.82) is 9.56 Å². The van der Waals surface area contributed by atoms with Crippen molar-refractivity contribution < 1.29 is 26.4 Å². The SMILES string of the molecule is C.CCCN.CCCNC(=O)OC(C)(C)C.Cl.Cl.N=S(=O)=O.N=S(=O)=O. The number of hydrogen-bond donors (Lipinski definition) is 4. The number of carbonyl (C=O) groups is 1. The summed E-state index contributed by atoms with van der Waals surface area (Å²) in [6.45, 7) is 11.1. The Kier molecular flexibility index (Phi) is 54.4. The van der Waals surface area contributed by atoms with Crippen LogP contribution in [-0.4, -0.2) is 41.6 Å². The third-order valence-corrected chi connectivity index (χ3v) is 1.21. The highest BCUT2D eigenvalue weighted by Gasteiger charge is 2.14. The van der Waals surface area contributed by atoms with Gasteiger partial charge in [-0.1, -0.05) is 21.3 Å². The molecule has 0 aromatic carbocycles. The predicted molar refractivity (Wildman–Crippen MR) is 108 cm³/mol. The van der Waals surface area contributed by atoms with Crippen molar-refractivity contribution in [3.63, 3.8) is 0 Å². The molecule has 0 spiro atoms. The first-order chi connectivity index (χ1) is 10.3. The van der Waals surface area contributed by atoms with Crippen LogP contribution in [0.4, 0.5) is 4.79 Å². The topological polar surface area (TPSA) is 180 Å². The summed E-state index contributed by atoms with van der Waals surface area (Å²) in [6, 6.07) is 0. The zero-order valence-electron chi connectivity index (χ0n) is 15.0. The Morgan fingerprint density at radius 1 is 1.00 bits per heavy atom. The van der Waals surface area contributed by atoms with Crippen LogP contribution in [0.15, 0.2) is 0 Å². The van der Waals surface area contributed by atoms with Crippen LogP contribution >= 0.6 is 24.8 Å². The summed E-state index contributed by atoms with van der Waals surface area (Å²) in [5.74, 6) is 0. The Morgan fingerprint density at radius 3 is 1.42 bits per heavy atom. The Morgan fingerprint density at radius 2 is 1.27 bits per heavy atom. The van der Waals surface area contributed by atoms with E-state index in [1.165, 1.54) is 0 Å². The number of nitrogens with two attached hydrogens (primary N) is 1. The molecular formula is C12H34Cl2N4O6S2. The quantitative estimate of drug-likeness (QED) is 0.494. The molecule has 0 radical (unpaired) electrons. The van der Waals surface area contributed by atoms with Crippen molar-refractivity contribution >= 4 is 51.9 Å². The zero-order valence-corrected chi connectivity index (χ0v) is 18.3. The van der Waals surface area contributed by atoms with E-state index in [4.69, 9.17) is 36.9 Å². The molecule has 0 bridgehead atoms. The standard InChI is InChI=1S/C8H17NO2.C3H9N.CH4.2ClH.2HNO2S/c1-5-6-9-7(10)11-8(2,3)4;1-2-3-4;;;;2*1-4(2)3/h5-6H2,1-4H3,(H,9,10);2-4H2,1H3;1H4;2*1H;2*1H. The van der Waals surface area contributed by atoms with Crippen LogP contribution in [0.1, 0.15) is 54.9 Å². The van der Waals surface area contributed by atoms with Gasteiger partial charge in [-0.25, -0.2) is 4.79 Å². The molecule has 0 aromatic rings. The fourth-order valence-electron chi connectivity index (χ4n) is 0.541. The molecule has 0 fully saturated rings. The molecule has 0 atom stereocenters. The van der Waals surface area contributed by atoms with E-state index in [0.29, 0.717) is 6.54 Å². The third kappa shape index (κ3) is 137. The summed E-state index contributed by atoms with van der Waals surface area (Å²) >= 11 is 0. The van der Waals surface area contributed by atoms with E-state index in [1.54, 1.807) is 0 Å². The largest absolute Gasteiger partial charge is 0.444 e. The van der Waals surface area contributed by atoms with Gasteiger partial charge in [0.25, 0.3) is 0 Å². The summed E-state index contributed by atoms with van der Waals surface area (Å²) in [5, 5.41) is 2.63. The lowest BCUT2D eigenvalue weighted by molar-refractivity contribution is 0.0528. The highest BCUT2D eigenvalue weighted by molar-refractivity contribution is 7.60. The molecule has 0 aliphatic rings. The van der Waals surface area contributed by atoms with Crippen LogP contribution in [0, 0.1) is 9.56 Å². The van der Waals surface area contributed by atoms with Crippen LogP contribution in [0.2, 0.25) is 0 Å². The van der Waals surface area contributed by atoms with Gasteiger partial charge >= 0.3 is 27.1 Å². The lowest BCUT2D eigenvalue weighted by atomic mass is 10.2. The molecule has 0 unspecified atom stereocenters. The lowest BCUT2D eigenvalue weighted by Crippen LogP contribution is -2.32. The first kappa shape index (κ1) is 44.5. The second-order valence-electron chi connectivity index (χ2n) is 4.69. The van der Waals surface area contributed by atoms with Gasteiger partial charge in [-0.3, -0.25) is 0 Å². The number of nitrogens with one attached hydrogen (secondary N) is 3. The molecule has 164 valence electrons. The first-order valence-electron chi connectivity index (χ1n) is 6.61. The van der Waals surface area contributed by atoms with Gasteiger partial charge in [-0.15, -0.1) is 24.8 Å². The monoisotopic (exact) mass is 464 g/mol. The number of ether oxygens (including phenoxy) is 1. The van der Waals surface area contributed by atoms with Crippen molar-refractivity contribution in [3.8, 4) is 0 Å². The molecule has 5 N–H and O–H groups in total. The number of amides is 1. The minimum absolute atomic E-state index is 0. The maximum Gasteiger partial charge on any atom is 0.407 e. The Labute approximate surface area is 172 Å². The Bertz CT molecular complexity index is 447. The molecule has 0 aliphatic heterocycles. The van der Waals surface area contributed by atoms with Crippen molar-refractivity contribution in [3.05, 3.63) is 0 Å². The average molecular weight is 465 g/mol. The fourth-order valence-corrected chi connectivity index (χ4v) is 0.541. The van der Waals surface area contributed by atoms with E-state index < -0.39 is 26.6 Å². The van der Waals surface area contributed by atoms with Crippen molar-refractivity contribution in [2.24, 2.45) is 5.73 Å². The van der Waals surface area contributed by atoms with Gasteiger partial charge in [0.15, 0.2) is 0 Å². The molecule has 0 aromatic heterocycles. The van der Waals surface area contributed by atoms with E-state index in [1.807, 2.05) is 27.7 Å². The molecule has 0 aliphatic carbocycles. The van der Waals surface area contributed by atoms with Crippen LogP contribution in [-0.2, 0) is 25.7 Å². The minimum Gasteiger partial charge on any atom is -0.444 e. The predicted octanol–water partition coefficient (Wildman–Crippen LogP) is 3.01. The van der Waals surface area contributed by atoms with Crippen LogP contribution in [0.3, 0.4) is 0 Å².